The molecule has 0 aliphatic carbocycles. The van der Waals surface area contributed by atoms with Crippen LogP contribution >= 0.6 is 0 Å². The second-order valence-electron chi connectivity index (χ2n) is 8.05. The Morgan fingerprint density at radius 1 is 1.12 bits per heavy atom. The molecule has 4 heterocycles. The fourth-order valence-electron chi connectivity index (χ4n) is 3.75. The van der Waals surface area contributed by atoms with E-state index in [0.29, 0.717) is 41.1 Å². The first-order valence-corrected chi connectivity index (χ1v) is 10.7. The highest BCUT2D eigenvalue weighted by Crippen LogP contribution is 2.26. The van der Waals surface area contributed by atoms with Crippen LogP contribution in [0, 0.1) is 0 Å². The van der Waals surface area contributed by atoms with Gasteiger partial charge in [-0.1, -0.05) is 24.3 Å². The lowest BCUT2D eigenvalue weighted by Gasteiger charge is -2.11. The van der Waals surface area contributed by atoms with E-state index in [0.717, 1.165) is 11.1 Å². The van der Waals surface area contributed by atoms with E-state index in [4.69, 9.17) is 9.40 Å². The Morgan fingerprint density at radius 2 is 2.00 bits per heavy atom. The number of hydrogen-bond donors (Lipinski definition) is 1. The maximum absolute atomic E-state index is 13.2. The molecular formula is C24H23N7O2. The lowest BCUT2D eigenvalue weighted by atomic mass is 10.1. The molecule has 5 aromatic rings. The molecular weight excluding hydrogens is 418 g/mol. The van der Waals surface area contributed by atoms with Crippen molar-refractivity contribution in [3.63, 3.8) is 0 Å². The summed E-state index contributed by atoms with van der Waals surface area (Å²) in [5.74, 6) is 0.406. The van der Waals surface area contributed by atoms with E-state index < -0.39 is 0 Å². The summed E-state index contributed by atoms with van der Waals surface area (Å²) in [5, 5.41) is 12.3. The van der Waals surface area contributed by atoms with Gasteiger partial charge < -0.3 is 9.73 Å². The van der Waals surface area contributed by atoms with Gasteiger partial charge in [-0.25, -0.2) is 19.3 Å². The number of hydrogen-bond acceptors (Lipinski definition) is 6. The topological polar surface area (TPSA) is 104 Å². The molecule has 33 heavy (non-hydrogen) atoms. The number of nitrogens with one attached hydrogen (secondary N) is 1. The number of amides is 1. The number of rotatable bonds is 7. The first kappa shape index (κ1) is 20.6. The van der Waals surface area contributed by atoms with Crippen molar-refractivity contribution >= 4 is 16.9 Å². The van der Waals surface area contributed by atoms with Crippen molar-refractivity contribution in [1.29, 1.82) is 0 Å². The Balaban J connectivity index is 1.41. The predicted molar refractivity (Wildman–Crippen MR) is 122 cm³/mol. The zero-order valence-electron chi connectivity index (χ0n) is 18.3. The van der Waals surface area contributed by atoms with Crippen LogP contribution in [0.5, 0.6) is 0 Å². The Bertz CT molecular complexity index is 1390. The van der Waals surface area contributed by atoms with Gasteiger partial charge in [0, 0.05) is 12.6 Å². The Morgan fingerprint density at radius 3 is 2.76 bits per heavy atom. The summed E-state index contributed by atoms with van der Waals surface area (Å²) >= 11 is 0. The number of carbonyl (C=O) groups is 1. The van der Waals surface area contributed by atoms with Gasteiger partial charge in [-0.15, -0.1) is 0 Å². The lowest BCUT2D eigenvalue weighted by Crippen LogP contribution is -2.23. The molecule has 0 unspecified atom stereocenters. The van der Waals surface area contributed by atoms with Crippen LogP contribution < -0.4 is 5.32 Å². The molecule has 1 amide bonds. The van der Waals surface area contributed by atoms with Gasteiger partial charge in [-0.2, -0.15) is 10.2 Å². The zero-order chi connectivity index (χ0) is 22.8. The summed E-state index contributed by atoms with van der Waals surface area (Å²) < 4.78 is 9.10. The van der Waals surface area contributed by atoms with Gasteiger partial charge in [0.15, 0.2) is 11.4 Å². The summed E-state index contributed by atoms with van der Waals surface area (Å²) in [7, 11) is 0. The molecule has 0 radical (unpaired) electrons. The van der Waals surface area contributed by atoms with Crippen molar-refractivity contribution in [3.8, 4) is 11.5 Å². The van der Waals surface area contributed by atoms with Gasteiger partial charge in [0.2, 0.25) is 0 Å². The number of pyridine rings is 1. The van der Waals surface area contributed by atoms with Crippen LogP contribution in [0.1, 0.15) is 41.4 Å². The van der Waals surface area contributed by atoms with Crippen LogP contribution in [0.15, 0.2) is 72.0 Å². The molecule has 0 bridgehead atoms. The van der Waals surface area contributed by atoms with Crippen molar-refractivity contribution in [2.24, 2.45) is 0 Å². The Kier molecular flexibility index (Phi) is 5.43. The number of fused-ring (bicyclic) bond motifs is 1. The molecule has 5 rings (SSSR count). The van der Waals surface area contributed by atoms with E-state index in [1.807, 2.05) is 42.8 Å². The second-order valence-corrected chi connectivity index (χ2v) is 8.05. The molecule has 0 atom stereocenters. The minimum atomic E-state index is -0.194. The van der Waals surface area contributed by atoms with Gasteiger partial charge in [0.25, 0.3) is 5.91 Å². The van der Waals surface area contributed by atoms with Crippen molar-refractivity contribution in [2.75, 3.05) is 0 Å². The van der Waals surface area contributed by atoms with Crippen molar-refractivity contribution in [2.45, 2.75) is 33.0 Å². The van der Waals surface area contributed by atoms with Gasteiger partial charge in [-0.05, 0) is 43.2 Å². The van der Waals surface area contributed by atoms with E-state index >= 15 is 0 Å². The highest BCUT2D eigenvalue weighted by molar-refractivity contribution is 6.06. The average Bonchev–Trinajstić information content (AvgIpc) is 3.58. The number of carbonyl (C=O) groups excluding carboxylic acids is 1. The van der Waals surface area contributed by atoms with Crippen LogP contribution in [0.3, 0.4) is 0 Å². The van der Waals surface area contributed by atoms with E-state index in [2.05, 4.69) is 26.6 Å². The Labute approximate surface area is 190 Å². The standard InChI is InChI=1S/C24H23N7O2/c1-16(2)31-23-20(12-27-31)19(10-21(29-23)22-7-4-8-33-22)24(32)26-11-17-5-3-6-18(9-17)13-30-15-25-14-28-30/h3-10,12,14-16H,11,13H2,1-2H3,(H,26,32). The fourth-order valence-corrected chi connectivity index (χ4v) is 3.75. The molecule has 1 N–H and O–H groups in total. The van der Waals surface area contributed by atoms with Crippen LogP contribution in [0.25, 0.3) is 22.5 Å². The largest absolute Gasteiger partial charge is 0.463 e. The third-order valence-corrected chi connectivity index (χ3v) is 5.33. The minimum Gasteiger partial charge on any atom is -0.463 e. The van der Waals surface area contributed by atoms with Crippen LogP contribution in [0.2, 0.25) is 0 Å². The summed E-state index contributed by atoms with van der Waals surface area (Å²) in [6.07, 6.45) is 6.48. The third-order valence-electron chi connectivity index (χ3n) is 5.33. The average molecular weight is 441 g/mol. The normalized spacial score (nSPS) is 11.4. The summed E-state index contributed by atoms with van der Waals surface area (Å²) in [4.78, 5) is 21.9. The molecule has 9 nitrogen and oxygen atoms in total. The quantitative estimate of drug-likeness (QED) is 0.412. The summed E-state index contributed by atoms with van der Waals surface area (Å²) in [6.45, 7) is 5.06. The SMILES string of the molecule is CC(C)n1ncc2c(C(=O)NCc3cccc(Cn4cncn4)c3)cc(-c3ccco3)nc21. The smallest absolute Gasteiger partial charge is 0.252 e. The maximum atomic E-state index is 13.2. The molecule has 166 valence electrons. The van der Waals surface area contributed by atoms with Gasteiger partial charge in [0.05, 0.1) is 30.0 Å². The first-order chi connectivity index (χ1) is 16.1. The van der Waals surface area contributed by atoms with Crippen LogP contribution in [-0.2, 0) is 13.1 Å². The molecule has 0 aliphatic heterocycles. The molecule has 1 aromatic carbocycles. The van der Waals surface area contributed by atoms with Gasteiger partial charge >= 0.3 is 0 Å². The molecule has 4 aromatic heterocycles. The predicted octanol–water partition coefficient (Wildman–Crippen LogP) is 3.84. The van der Waals surface area contributed by atoms with Crippen molar-refractivity contribution < 1.29 is 9.21 Å². The number of furan rings is 1. The zero-order valence-corrected chi connectivity index (χ0v) is 18.3. The molecule has 0 fully saturated rings. The second kappa shape index (κ2) is 8.70. The number of benzene rings is 1. The molecule has 0 saturated heterocycles. The molecule has 0 aliphatic rings. The first-order valence-electron chi connectivity index (χ1n) is 10.7. The monoisotopic (exact) mass is 441 g/mol. The lowest BCUT2D eigenvalue weighted by molar-refractivity contribution is 0.0952. The number of aromatic nitrogens is 6. The van der Waals surface area contributed by atoms with Crippen molar-refractivity contribution in [3.05, 3.63) is 84.3 Å². The summed E-state index contributed by atoms with van der Waals surface area (Å²) in [5.41, 5.74) is 3.83. The minimum absolute atomic E-state index is 0.102. The van der Waals surface area contributed by atoms with Gasteiger partial charge in [0.1, 0.15) is 18.3 Å². The number of nitrogens with zero attached hydrogens (tertiary/aromatic N) is 6. The molecule has 9 heteroatoms. The van der Waals surface area contributed by atoms with E-state index in [9.17, 15) is 4.79 Å². The van der Waals surface area contributed by atoms with E-state index in [-0.39, 0.29) is 11.9 Å². The third kappa shape index (κ3) is 4.25. The maximum Gasteiger partial charge on any atom is 0.252 e. The van der Waals surface area contributed by atoms with Crippen molar-refractivity contribution in [1.82, 2.24) is 34.8 Å². The Hall–Kier alpha value is -4.27. The van der Waals surface area contributed by atoms with Gasteiger partial charge in [-0.3, -0.25) is 4.79 Å². The molecule has 0 saturated carbocycles. The van der Waals surface area contributed by atoms with E-state index in [1.54, 1.807) is 35.6 Å². The molecule has 0 spiro atoms. The van der Waals surface area contributed by atoms with Crippen LogP contribution in [-0.4, -0.2) is 35.4 Å². The van der Waals surface area contributed by atoms with Crippen LogP contribution in [0.4, 0.5) is 0 Å². The van der Waals surface area contributed by atoms with E-state index in [1.165, 1.54) is 6.33 Å². The fraction of sp³-hybridized carbons (Fsp3) is 0.208. The highest BCUT2D eigenvalue weighted by Gasteiger charge is 2.19. The summed E-state index contributed by atoms with van der Waals surface area (Å²) in [6, 6.07) is 13.5. The highest BCUT2D eigenvalue weighted by atomic mass is 16.3.